The maximum atomic E-state index is 4.95. The van der Waals surface area contributed by atoms with Crippen molar-refractivity contribution < 1.29 is 0 Å². The van der Waals surface area contributed by atoms with Crippen LogP contribution in [0, 0.1) is 0 Å². The number of fused-ring (bicyclic) bond motifs is 4. The van der Waals surface area contributed by atoms with Gasteiger partial charge in [0.1, 0.15) is 0 Å². The first-order valence-corrected chi connectivity index (χ1v) is 9.41. The van der Waals surface area contributed by atoms with E-state index in [1.165, 1.54) is 32.7 Å². The summed E-state index contributed by atoms with van der Waals surface area (Å²) in [6.45, 7) is 0. The van der Waals surface area contributed by atoms with Gasteiger partial charge in [-0.15, -0.1) is 0 Å². The Hall–Kier alpha value is -1.45. The Morgan fingerprint density at radius 1 is 0.773 bits per heavy atom. The molecule has 4 aromatic rings. The Morgan fingerprint density at radius 2 is 1.64 bits per heavy atom. The predicted molar refractivity (Wildman–Crippen MR) is 102 cm³/mol. The summed E-state index contributed by atoms with van der Waals surface area (Å²) in [5.74, 6) is 0. The quantitative estimate of drug-likeness (QED) is 0.212. The average Bonchev–Trinajstić information content (AvgIpc) is 2.59. The van der Waals surface area contributed by atoms with E-state index in [9.17, 15) is 0 Å². The molecule has 108 valence electrons. The molecule has 1 nitrogen and oxygen atoms in total. The summed E-state index contributed by atoms with van der Waals surface area (Å²) in [7, 11) is 0. The third kappa shape index (κ3) is 2.15. The Labute approximate surface area is 145 Å². The van der Waals surface area contributed by atoms with E-state index in [1.807, 2.05) is 0 Å². The van der Waals surface area contributed by atoms with Crippen molar-refractivity contribution in [2.75, 3.05) is 0 Å². The Balaban J connectivity index is 2.22. The molecule has 0 amide bonds. The van der Waals surface area contributed by atoms with Crippen LogP contribution in [0.1, 0.15) is 11.1 Å². The lowest BCUT2D eigenvalue weighted by Crippen LogP contribution is -1.92. The monoisotopic (exact) mass is 413 g/mol. The van der Waals surface area contributed by atoms with Crippen LogP contribution < -0.4 is 0 Å². The molecule has 0 saturated heterocycles. The molecule has 0 aliphatic rings. The summed E-state index contributed by atoms with van der Waals surface area (Å²) in [6.07, 6.45) is 0. The zero-order valence-corrected chi connectivity index (χ0v) is 15.0. The minimum absolute atomic E-state index is 0.826. The van der Waals surface area contributed by atoms with Gasteiger partial charge < -0.3 is 0 Å². The molecule has 0 atom stereocenters. The molecule has 0 saturated carbocycles. The molecule has 3 aromatic carbocycles. The van der Waals surface area contributed by atoms with Gasteiger partial charge in [-0.05, 0) is 28.6 Å². The van der Waals surface area contributed by atoms with Gasteiger partial charge in [-0.25, -0.2) is 4.98 Å². The number of nitrogens with zero attached hydrogens (tertiary/aromatic N) is 1. The summed E-state index contributed by atoms with van der Waals surface area (Å²) in [6, 6.07) is 19.3. The molecular weight excluding hydrogens is 402 g/mol. The van der Waals surface area contributed by atoms with Crippen molar-refractivity contribution in [3.8, 4) is 0 Å². The lowest BCUT2D eigenvalue weighted by atomic mass is 9.99. The second kappa shape index (κ2) is 5.64. The van der Waals surface area contributed by atoms with Crippen LogP contribution in [0.15, 0.2) is 54.6 Å². The van der Waals surface area contributed by atoms with Gasteiger partial charge in [0.2, 0.25) is 0 Å². The van der Waals surface area contributed by atoms with Gasteiger partial charge in [-0.1, -0.05) is 74.3 Å². The maximum Gasteiger partial charge on any atom is 0.0791 e. The first-order valence-electron chi connectivity index (χ1n) is 7.16. The van der Waals surface area contributed by atoms with E-state index in [4.69, 9.17) is 4.98 Å². The van der Waals surface area contributed by atoms with Crippen LogP contribution in [0.5, 0.6) is 0 Å². The highest BCUT2D eigenvalue weighted by atomic mass is 79.9. The van der Waals surface area contributed by atoms with E-state index >= 15 is 0 Å². The number of hydrogen-bond donors (Lipinski definition) is 0. The topological polar surface area (TPSA) is 12.9 Å². The summed E-state index contributed by atoms with van der Waals surface area (Å²) < 4.78 is 0. The van der Waals surface area contributed by atoms with Crippen molar-refractivity contribution in [1.82, 2.24) is 4.98 Å². The Morgan fingerprint density at radius 3 is 2.45 bits per heavy atom. The van der Waals surface area contributed by atoms with Crippen LogP contribution in [0.4, 0.5) is 0 Å². The molecule has 22 heavy (non-hydrogen) atoms. The van der Waals surface area contributed by atoms with Crippen molar-refractivity contribution in [3.05, 3.63) is 65.7 Å². The SMILES string of the molecule is BrCc1ccc2nc3c(ccc4ccccc43)c(CBr)c2c1. The van der Waals surface area contributed by atoms with Crippen LogP contribution in [0.2, 0.25) is 0 Å². The third-order valence-corrected chi connectivity index (χ3v) is 5.34. The van der Waals surface area contributed by atoms with Crippen LogP contribution >= 0.6 is 31.9 Å². The lowest BCUT2D eigenvalue weighted by Gasteiger charge is -2.11. The van der Waals surface area contributed by atoms with E-state index < -0.39 is 0 Å². The first-order chi connectivity index (χ1) is 10.8. The molecule has 1 heterocycles. The van der Waals surface area contributed by atoms with E-state index in [1.54, 1.807) is 0 Å². The van der Waals surface area contributed by atoms with Crippen molar-refractivity contribution in [3.63, 3.8) is 0 Å². The Bertz CT molecular complexity index is 1010. The largest absolute Gasteiger partial charge is 0.247 e. The highest BCUT2D eigenvalue weighted by molar-refractivity contribution is 9.08. The standard InChI is InChI=1S/C19H13Br2N/c20-10-12-5-8-18-16(9-12)17(11-21)15-7-6-13-3-1-2-4-14(13)19(15)22-18/h1-9H,10-11H2. The second-order valence-corrected chi connectivity index (χ2v) is 6.51. The number of halogens is 2. The van der Waals surface area contributed by atoms with E-state index in [2.05, 4.69) is 86.5 Å². The molecule has 0 spiro atoms. The first kappa shape index (κ1) is 14.2. The third-order valence-electron chi connectivity index (χ3n) is 4.13. The number of rotatable bonds is 2. The van der Waals surface area contributed by atoms with Crippen LogP contribution in [0.25, 0.3) is 32.6 Å². The fourth-order valence-electron chi connectivity index (χ4n) is 3.03. The molecule has 0 unspecified atom stereocenters. The number of aromatic nitrogens is 1. The number of benzene rings is 3. The zero-order chi connectivity index (χ0) is 15.1. The molecule has 0 aliphatic carbocycles. The molecule has 0 fully saturated rings. The van der Waals surface area contributed by atoms with Crippen LogP contribution in [-0.2, 0) is 10.7 Å². The molecule has 4 rings (SSSR count). The van der Waals surface area contributed by atoms with E-state index in [-0.39, 0.29) is 0 Å². The highest BCUT2D eigenvalue weighted by Crippen LogP contribution is 2.32. The van der Waals surface area contributed by atoms with Crippen LogP contribution in [0.3, 0.4) is 0 Å². The summed E-state index contributed by atoms with van der Waals surface area (Å²) in [5, 5.41) is 6.60. The minimum atomic E-state index is 0.826. The predicted octanol–water partition coefficient (Wildman–Crippen LogP) is 6.33. The molecule has 0 N–H and O–H groups in total. The second-order valence-electron chi connectivity index (χ2n) is 5.39. The molecule has 0 aliphatic heterocycles. The molecule has 3 heteroatoms. The molecule has 0 bridgehead atoms. The van der Waals surface area contributed by atoms with Gasteiger partial charge in [-0.2, -0.15) is 0 Å². The minimum Gasteiger partial charge on any atom is -0.247 e. The number of hydrogen-bond acceptors (Lipinski definition) is 1. The van der Waals surface area contributed by atoms with Crippen molar-refractivity contribution >= 4 is 64.4 Å². The van der Waals surface area contributed by atoms with Gasteiger partial charge in [0.05, 0.1) is 11.0 Å². The molecular formula is C19H13Br2N. The van der Waals surface area contributed by atoms with Crippen molar-refractivity contribution in [1.29, 1.82) is 0 Å². The highest BCUT2D eigenvalue weighted by Gasteiger charge is 2.11. The van der Waals surface area contributed by atoms with Gasteiger partial charge in [0.25, 0.3) is 0 Å². The number of pyridine rings is 1. The normalized spacial score (nSPS) is 11.5. The maximum absolute atomic E-state index is 4.95. The van der Waals surface area contributed by atoms with Gasteiger partial charge in [0, 0.05) is 26.8 Å². The van der Waals surface area contributed by atoms with Gasteiger partial charge in [0.15, 0.2) is 0 Å². The number of alkyl halides is 2. The molecule has 0 radical (unpaired) electrons. The summed E-state index contributed by atoms with van der Waals surface area (Å²) in [4.78, 5) is 4.95. The molecule has 1 aromatic heterocycles. The fourth-order valence-corrected chi connectivity index (χ4v) is 3.99. The van der Waals surface area contributed by atoms with E-state index in [0.717, 1.165) is 21.7 Å². The van der Waals surface area contributed by atoms with Gasteiger partial charge >= 0.3 is 0 Å². The zero-order valence-electron chi connectivity index (χ0n) is 11.8. The smallest absolute Gasteiger partial charge is 0.0791 e. The van der Waals surface area contributed by atoms with Gasteiger partial charge in [-0.3, -0.25) is 0 Å². The average molecular weight is 415 g/mol. The Kier molecular flexibility index (Phi) is 3.63. The summed E-state index contributed by atoms with van der Waals surface area (Å²) in [5.41, 5.74) is 4.74. The fraction of sp³-hybridized carbons (Fsp3) is 0.105. The van der Waals surface area contributed by atoms with Crippen LogP contribution in [-0.4, -0.2) is 4.98 Å². The van der Waals surface area contributed by atoms with E-state index in [0.29, 0.717) is 0 Å². The lowest BCUT2D eigenvalue weighted by molar-refractivity contribution is 1.41. The summed E-state index contributed by atoms with van der Waals surface area (Å²) >= 11 is 7.21. The van der Waals surface area contributed by atoms with Crippen molar-refractivity contribution in [2.45, 2.75) is 10.7 Å². The van der Waals surface area contributed by atoms with Crippen molar-refractivity contribution in [2.24, 2.45) is 0 Å².